The van der Waals surface area contributed by atoms with E-state index in [1.54, 1.807) is 18.2 Å². The summed E-state index contributed by atoms with van der Waals surface area (Å²) in [5.41, 5.74) is -0.0132. The van der Waals surface area contributed by atoms with Gasteiger partial charge in [-0.25, -0.2) is 8.42 Å². The first-order valence-electron chi connectivity index (χ1n) is 11.0. The number of benzene rings is 2. The molecule has 2 atom stereocenters. The van der Waals surface area contributed by atoms with Crippen LogP contribution in [0.4, 0.5) is 11.4 Å². The summed E-state index contributed by atoms with van der Waals surface area (Å²) in [4.78, 5) is 38.2. The highest BCUT2D eigenvalue weighted by Crippen LogP contribution is 2.28. The van der Waals surface area contributed by atoms with E-state index < -0.39 is 39.3 Å². The summed E-state index contributed by atoms with van der Waals surface area (Å²) in [7, 11) is -4.04. The minimum Gasteiger partial charge on any atom is -0.352 e. The predicted molar refractivity (Wildman–Crippen MR) is 140 cm³/mol. The summed E-state index contributed by atoms with van der Waals surface area (Å²) in [6.07, 6.45) is 1.55. The molecule has 2 amide bonds. The zero-order valence-corrected chi connectivity index (χ0v) is 22.6. The Hall–Kier alpha value is -2.89. The smallest absolute Gasteiger partial charge is 0.271 e. The van der Waals surface area contributed by atoms with Gasteiger partial charge in [-0.1, -0.05) is 42.3 Å². The van der Waals surface area contributed by atoms with Crippen molar-refractivity contribution in [1.29, 1.82) is 0 Å². The summed E-state index contributed by atoms with van der Waals surface area (Å²) < 4.78 is 25.9. The van der Waals surface area contributed by atoms with Crippen molar-refractivity contribution < 1.29 is 22.9 Å². The molecule has 0 spiro atoms. The lowest BCUT2D eigenvalue weighted by Crippen LogP contribution is -2.52. The highest BCUT2D eigenvalue weighted by molar-refractivity contribution is 7.92. The molecule has 2 rings (SSSR count). The number of anilines is 1. The quantitative estimate of drug-likeness (QED) is 0.327. The number of rotatable bonds is 11. The zero-order chi connectivity index (χ0) is 27.2. The zero-order valence-electron chi connectivity index (χ0n) is 20.3. The van der Waals surface area contributed by atoms with Crippen LogP contribution in [0, 0.1) is 10.1 Å². The Kier molecular flexibility index (Phi) is 10.1. The van der Waals surface area contributed by atoms with E-state index in [0.717, 1.165) is 16.6 Å². The Labute approximate surface area is 220 Å². The van der Waals surface area contributed by atoms with Gasteiger partial charge in [0.15, 0.2) is 0 Å². The van der Waals surface area contributed by atoms with E-state index in [9.17, 15) is 28.1 Å². The number of sulfonamides is 1. The molecule has 0 aromatic heterocycles. The van der Waals surface area contributed by atoms with E-state index in [4.69, 9.17) is 23.2 Å². The van der Waals surface area contributed by atoms with Gasteiger partial charge in [0.05, 0.1) is 16.9 Å². The van der Waals surface area contributed by atoms with Crippen LogP contribution < -0.4 is 9.62 Å². The van der Waals surface area contributed by atoms with Gasteiger partial charge in [0.1, 0.15) is 12.6 Å². The van der Waals surface area contributed by atoms with Crippen LogP contribution in [0.5, 0.6) is 0 Å². The number of non-ortho nitro benzene ring substituents is 1. The monoisotopic (exact) mass is 558 g/mol. The number of nitrogens with one attached hydrogen (secondary N) is 1. The van der Waals surface area contributed by atoms with Gasteiger partial charge in [0.25, 0.3) is 5.69 Å². The van der Waals surface area contributed by atoms with Crippen LogP contribution in [0.3, 0.4) is 0 Å². The maximum atomic E-state index is 13.5. The fourth-order valence-electron chi connectivity index (χ4n) is 3.28. The second-order valence-corrected chi connectivity index (χ2v) is 11.0. The molecule has 13 heteroatoms. The van der Waals surface area contributed by atoms with Crippen molar-refractivity contribution in [3.8, 4) is 0 Å². The predicted octanol–water partition coefficient (Wildman–Crippen LogP) is 4.00. The molecule has 0 unspecified atom stereocenters. The summed E-state index contributed by atoms with van der Waals surface area (Å²) in [5, 5.41) is 14.5. The summed E-state index contributed by atoms with van der Waals surface area (Å²) in [6.45, 7) is 4.35. The first kappa shape index (κ1) is 29.3. The molecule has 0 saturated carbocycles. The van der Waals surface area contributed by atoms with Crippen LogP contribution >= 0.6 is 23.2 Å². The van der Waals surface area contributed by atoms with Crippen molar-refractivity contribution in [2.45, 2.75) is 45.8 Å². The molecule has 1 N–H and O–H groups in total. The number of amides is 2. The van der Waals surface area contributed by atoms with Crippen molar-refractivity contribution in [3.05, 3.63) is 68.2 Å². The van der Waals surface area contributed by atoms with Crippen LogP contribution in [0.1, 0.15) is 32.8 Å². The van der Waals surface area contributed by atoms with Gasteiger partial charge in [-0.3, -0.25) is 24.0 Å². The van der Waals surface area contributed by atoms with E-state index in [2.05, 4.69) is 5.32 Å². The fourth-order valence-corrected chi connectivity index (χ4v) is 4.64. The highest BCUT2D eigenvalue weighted by atomic mass is 35.5. The lowest BCUT2D eigenvalue weighted by Gasteiger charge is -2.32. The van der Waals surface area contributed by atoms with E-state index >= 15 is 0 Å². The number of halogens is 2. The molecule has 196 valence electrons. The maximum Gasteiger partial charge on any atom is 0.271 e. The highest BCUT2D eigenvalue weighted by Gasteiger charge is 2.31. The SMILES string of the molecule is CC[C@@H](C)NC(=O)[C@H](C)N(Cc1c(Cl)cccc1Cl)C(=O)CN(c1cccc([N+](=O)[O-])c1)S(C)(=O)=O. The Bertz CT molecular complexity index is 1220. The van der Waals surface area contributed by atoms with Crippen molar-refractivity contribution in [3.63, 3.8) is 0 Å². The maximum absolute atomic E-state index is 13.5. The van der Waals surface area contributed by atoms with Gasteiger partial charge in [-0.05, 0) is 38.5 Å². The molecule has 0 fully saturated rings. The number of nitro groups is 1. The fraction of sp³-hybridized carbons (Fsp3) is 0.391. The molecule has 0 aliphatic carbocycles. The summed E-state index contributed by atoms with van der Waals surface area (Å²) in [6, 6.07) is 8.57. The minimum absolute atomic E-state index is 0.0625. The second-order valence-electron chi connectivity index (χ2n) is 8.26. The molecular weight excluding hydrogens is 531 g/mol. The summed E-state index contributed by atoms with van der Waals surface area (Å²) in [5.74, 6) is -1.17. The van der Waals surface area contributed by atoms with Crippen LogP contribution in [0.2, 0.25) is 10.0 Å². The second kappa shape index (κ2) is 12.4. The number of carbonyl (C=O) groups excluding carboxylic acids is 2. The van der Waals surface area contributed by atoms with Gasteiger partial charge in [0, 0.05) is 40.3 Å². The lowest BCUT2D eigenvalue weighted by atomic mass is 10.1. The lowest BCUT2D eigenvalue weighted by molar-refractivity contribution is -0.384. The van der Waals surface area contributed by atoms with Crippen molar-refractivity contribution in [1.82, 2.24) is 10.2 Å². The number of hydrogen-bond donors (Lipinski definition) is 1. The molecule has 0 radical (unpaired) electrons. The van der Waals surface area contributed by atoms with E-state index in [0.29, 0.717) is 12.0 Å². The molecule has 0 heterocycles. The average molecular weight is 559 g/mol. The molecule has 36 heavy (non-hydrogen) atoms. The Morgan fingerprint density at radius 3 is 2.22 bits per heavy atom. The first-order valence-corrected chi connectivity index (χ1v) is 13.6. The average Bonchev–Trinajstić information content (AvgIpc) is 2.81. The normalized spacial score (nSPS) is 12.9. The number of nitro benzene ring substituents is 1. The third kappa shape index (κ3) is 7.55. The third-order valence-corrected chi connectivity index (χ3v) is 7.42. The van der Waals surface area contributed by atoms with Gasteiger partial charge < -0.3 is 10.2 Å². The summed E-state index contributed by atoms with van der Waals surface area (Å²) >= 11 is 12.6. The number of nitrogens with zero attached hydrogens (tertiary/aromatic N) is 3. The minimum atomic E-state index is -4.04. The van der Waals surface area contributed by atoms with Gasteiger partial charge >= 0.3 is 0 Å². The van der Waals surface area contributed by atoms with Gasteiger partial charge in [-0.15, -0.1) is 0 Å². The molecular formula is C23H28Cl2N4O6S. The molecule has 0 aliphatic heterocycles. The molecule has 2 aromatic carbocycles. The van der Waals surface area contributed by atoms with E-state index in [1.165, 1.54) is 30.0 Å². The molecule has 0 bridgehead atoms. The van der Waals surface area contributed by atoms with Crippen LogP contribution in [0.15, 0.2) is 42.5 Å². The van der Waals surface area contributed by atoms with Gasteiger partial charge in [-0.2, -0.15) is 0 Å². The van der Waals surface area contributed by atoms with Crippen molar-refractivity contribution in [2.24, 2.45) is 0 Å². The van der Waals surface area contributed by atoms with E-state index in [-0.39, 0.29) is 34.0 Å². The standard InChI is InChI=1S/C23H28Cl2N4O6S/c1-5-15(2)26-23(31)16(3)27(13-19-20(24)10-7-11-21(19)25)22(30)14-28(36(4,34)35)17-8-6-9-18(12-17)29(32)33/h6-12,15-16H,5,13-14H2,1-4H3,(H,26,31)/t15-,16+/m1/s1. The van der Waals surface area contributed by atoms with Crippen molar-refractivity contribution in [2.75, 3.05) is 17.1 Å². The molecule has 0 aliphatic rings. The van der Waals surface area contributed by atoms with Crippen LogP contribution in [-0.2, 0) is 26.2 Å². The number of carbonyl (C=O) groups is 2. The topological polar surface area (TPSA) is 130 Å². The third-order valence-electron chi connectivity index (χ3n) is 5.57. The Morgan fingerprint density at radius 1 is 1.11 bits per heavy atom. The Morgan fingerprint density at radius 2 is 1.69 bits per heavy atom. The van der Waals surface area contributed by atoms with Crippen molar-refractivity contribution >= 4 is 56.4 Å². The van der Waals surface area contributed by atoms with Crippen LogP contribution in [-0.4, -0.2) is 54.9 Å². The Balaban J connectivity index is 2.48. The molecule has 2 aromatic rings. The molecule has 0 saturated heterocycles. The van der Waals surface area contributed by atoms with E-state index in [1.807, 2.05) is 13.8 Å². The molecule has 10 nitrogen and oxygen atoms in total. The largest absolute Gasteiger partial charge is 0.352 e. The van der Waals surface area contributed by atoms with Crippen LogP contribution in [0.25, 0.3) is 0 Å². The number of hydrogen-bond acceptors (Lipinski definition) is 6. The first-order chi connectivity index (χ1) is 16.8. The van der Waals surface area contributed by atoms with Gasteiger partial charge in [0.2, 0.25) is 21.8 Å².